The first-order valence-electron chi connectivity index (χ1n) is 11.8. The molecule has 6 nitrogen and oxygen atoms in total. The van der Waals surface area contributed by atoms with Crippen LogP contribution in [0, 0.1) is 6.92 Å². The van der Waals surface area contributed by atoms with Crippen LogP contribution in [-0.4, -0.2) is 43.0 Å². The number of ether oxygens (including phenoxy) is 3. The number of carbonyl (C=O) groups is 2. The molecule has 0 aromatic heterocycles. The first-order valence-corrected chi connectivity index (χ1v) is 13.2. The highest BCUT2D eigenvalue weighted by molar-refractivity contribution is 7.98. The number of aryl methyl sites for hydroxylation is 1. The van der Waals surface area contributed by atoms with Gasteiger partial charge in [0.25, 0.3) is 0 Å². The summed E-state index contributed by atoms with van der Waals surface area (Å²) in [6.07, 6.45) is 1.31. The number of esters is 1. The van der Waals surface area contributed by atoms with Gasteiger partial charge in [0.05, 0.1) is 13.7 Å². The van der Waals surface area contributed by atoms with Crippen molar-refractivity contribution in [2.75, 3.05) is 25.7 Å². The fourth-order valence-electron chi connectivity index (χ4n) is 4.42. The van der Waals surface area contributed by atoms with Crippen LogP contribution in [0.5, 0.6) is 0 Å². The second-order valence-electron chi connectivity index (χ2n) is 8.86. The average Bonchev–Trinajstić information content (AvgIpc) is 3.42. The van der Waals surface area contributed by atoms with Crippen LogP contribution >= 0.6 is 11.8 Å². The van der Waals surface area contributed by atoms with Gasteiger partial charge in [0, 0.05) is 11.1 Å². The van der Waals surface area contributed by atoms with Gasteiger partial charge in [0.1, 0.15) is 6.10 Å². The van der Waals surface area contributed by atoms with Crippen LogP contribution in [-0.2, 0) is 19.0 Å². The molecular weight excluding hydrogens is 474 g/mol. The molecule has 7 heteroatoms. The summed E-state index contributed by atoms with van der Waals surface area (Å²) >= 11 is 1.52. The number of rotatable bonds is 9. The van der Waals surface area contributed by atoms with Gasteiger partial charge >= 0.3 is 5.97 Å². The Kier molecular flexibility index (Phi) is 8.26. The third-order valence-corrected chi connectivity index (χ3v) is 7.12. The highest BCUT2D eigenvalue weighted by atomic mass is 32.2. The van der Waals surface area contributed by atoms with E-state index in [1.807, 2.05) is 73.8 Å². The predicted octanol–water partition coefficient (Wildman–Crippen LogP) is 5.26. The highest BCUT2D eigenvalue weighted by Gasteiger charge is 2.44. The third kappa shape index (κ3) is 5.25. The standard InChI is InChI=1S/C29H31NO5S/c1-19-9-7-8-12-22(19)24-17-21(27-34-18-25(35-27)20-10-5-4-6-11-20)13-14-23(24)26(31)29(30,15-16-36-3)28(32)33-2/h4-14,17,25,27H,15-16,18,30H2,1-3H3/t25?,27?,29-/m0/s1. The van der Waals surface area contributed by atoms with Gasteiger partial charge in [-0.25, -0.2) is 4.79 Å². The highest BCUT2D eigenvalue weighted by Crippen LogP contribution is 2.38. The molecule has 3 atom stereocenters. The first kappa shape index (κ1) is 26.1. The second kappa shape index (κ2) is 11.4. The molecule has 0 amide bonds. The topological polar surface area (TPSA) is 87.9 Å². The van der Waals surface area contributed by atoms with E-state index in [9.17, 15) is 9.59 Å². The van der Waals surface area contributed by atoms with Crippen molar-refractivity contribution in [3.63, 3.8) is 0 Å². The molecule has 4 rings (SSSR count). The lowest BCUT2D eigenvalue weighted by atomic mass is 9.83. The fourth-order valence-corrected chi connectivity index (χ4v) is 4.94. The van der Waals surface area contributed by atoms with E-state index in [2.05, 4.69) is 0 Å². The summed E-state index contributed by atoms with van der Waals surface area (Å²) in [6.45, 7) is 2.41. The van der Waals surface area contributed by atoms with Crippen LogP contribution in [0.1, 0.15) is 45.9 Å². The second-order valence-corrected chi connectivity index (χ2v) is 9.84. The fraction of sp³-hybridized carbons (Fsp3) is 0.310. The molecule has 36 heavy (non-hydrogen) atoms. The molecule has 0 radical (unpaired) electrons. The molecule has 3 aromatic carbocycles. The molecule has 3 aromatic rings. The van der Waals surface area contributed by atoms with Crippen molar-refractivity contribution in [1.29, 1.82) is 0 Å². The molecule has 2 N–H and O–H groups in total. The van der Waals surface area contributed by atoms with Gasteiger partial charge in [-0.3, -0.25) is 4.79 Å². The molecule has 0 bridgehead atoms. The maximum atomic E-state index is 13.9. The maximum absolute atomic E-state index is 13.9. The van der Waals surface area contributed by atoms with Gasteiger partial charge in [0.2, 0.25) is 0 Å². The van der Waals surface area contributed by atoms with Crippen molar-refractivity contribution in [2.45, 2.75) is 31.3 Å². The first-order chi connectivity index (χ1) is 17.4. The monoisotopic (exact) mass is 505 g/mol. The van der Waals surface area contributed by atoms with Crippen molar-refractivity contribution < 1.29 is 23.8 Å². The largest absolute Gasteiger partial charge is 0.467 e. The number of benzene rings is 3. The number of hydrogen-bond donors (Lipinski definition) is 1. The van der Waals surface area contributed by atoms with Gasteiger partial charge in [0.15, 0.2) is 17.6 Å². The van der Waals surface area contributed by atoms with Crippen LogP contribution in [0.4, 0.5) is 0 Å². The summed E-state index contributed by atoms with van der Waals surface area (Å²) in [7, 11) is 1.25. The number of methoxy groups -OCH3 is 1. The molecule has 1 saturated heterocycles. The zero-order valence-electron chi connectivity index (χ0n) is 20.7. The lowest BCUT2D eigenvalue weighted by molar-refractivity contribution is -0.145. The lowest BCUT2D eigenvalue weighted by Crippen LogP contribution is -2.56. The van der Waals surface area contributed by atoms with Crippen molar-refractivity contribution in [1.82, 2.24) is 0 Å². The Hall–Kier alpha value is -2.97. The Morgan fingerprint density at radius 1 is 1.03 bits per heavy atom. The molecule has 0 spiro atoms. The van der Waals surface area contributed by atoms with Gasteiger partial charge < -0.3 is 19.9 Å². The van der Waals surface area contributed by atoms with Gasteiger partial charge in [-0.1, -0.05) is 66.7 Å². The molecule has 1 aliphatic rings. The predicted molar refractivity (Wildman–Crippen MR) is 142 cm³/mol. The lowest BCUT2D eigenvalue weighted by Gasteiger charge is -2.26. The smallest absolute Gasteiger partial charge is 0.334 e. The van der Waals surface area contributed by atoms with E-state index < -0.39 is 23.6 Å². The SMILES string of the molecule is COC(=O)[C@](N)(CCSC)C(=O)c1ccc(C2OCC(c3ccccc3)O2)cc1-c1ccccc1C. The van der Waals surface area contributed by atoms with E-state index in [0.717, 1.165) is 22.3 Å². The average molecular weight is 506 g/mol. The van der Waals surface area contributed by atoms with Gasteiger partial charge in [-0.05, 0) is 53.7 Å². The van der Waals surface area contributed by atoms with Crippen LogP contribution in [0.25, 0.3) is 11.1 Å². The number of carbonyl (C=O) groups excluding carboxylic acids is 2. The zero-order chi connectivity index (χ0) is 25.7. The number of thioether (sulfide) groups is 1. The minimum atomic E-state index is -1.78. The molecule has 188 valence electrons. The van der Waals surface area contributed by atoms with Crippen LogP contribution in [0.3, 0.4) is 0 Å². The number of nitrogens with two attached hydrogens (primary N) is 1. The maximum Gasteiger partial charge on any atom is 0.334 e. The Labute approximate surface area is 216 Å². The Morgan fingerprint density at radius 2 is 1.75 bits per heavy atom. The van der Waals surface area contributed by atoms with Crippen LogP contribution < -0.4 is 5.73 Å². The van der Waals surface area contributed by atoms with E-state index >= 15 is 0 Å². The molecule has 1 heterocycles. The van der Waals surface area contributed by atoms with E-state index in [0.29, 0.717) is 23.5 Å². The van der Waals surface area contributed by atoms with Crippen LogP contribution in [0.15, 0.2) is 72.8 Å². The van der Waals surface area contributed by atoms with Crippen molar-refractivity contribution >= 4 is 23.5 Å². The normalized spacial score (nSPS) is 19.0. The van der Waals surface area contributed by atoms with Gasteiger partial charge in [-0.2, -0.15) is 11.8 Å². The van der Waals surface area contributed by atoms with Crippen LogP contribution in [0.2, 0.25) is 0 Å². The van der Waals surface area contributed by atoms with E-state index in [1.54, 1.807) is 12.1 Å². The van der Waals surface area contributed by atoms with E-state index in [1.165, 1.54) is 18.9 Å². The van der Waals surface area contributed by atoms with Gasteiger partial charge in [-0.15, -0.1) is 0 Å². The summed E-state index contributed by atoms with van der Waals surface area (Å²) in [5, 5.41) is 0. The Morgan fingerprint density at radius 3 is 2.44 bits per heavy atom. The van der Waals surface area contributed by atoms with Crippen molar-refractivity contribution in [2.24, 2.45) is 5.73 Å². The third-order valence-electron chi connectivity index (χ3n) is 6.51. The number of hydrogen-bond acceptors (Lipinski definition) is 7. The summed E-state index contributed by atoms with van der Waals surface area (Å²) in [4.78, 5) is 26.5. The zero-order valence-corrected chi connectivity index (χ0v) is 21.5. The summed E-state index contributed by atoms with van der Waals surface area (Å²) in [5.74, 6) is -0.669. The van der Waals surface area contributed by atoms with Crippen molar-refractivity contribution in [3.05, 3.63) is 95.1 Å². The molecule has 1 fully saturated rings. The summed E-state index contributed by atoms with van der Waals surface area (Å²) in [6, 6.07) is 23.1. The Balaban J connectivity index is 1.75. The molecule has 1 aliphatic heterocycles. The van der Waals surface area contributed by atoms with E-state index in [4.69, 9.17) is 19.9 Å². The molecule has 0 saturated carbocycles. The Bertz CT molecular complexity index is 1230. The summed E-state index contributed by atoms with van der Waals surface area (Å²) in [5.41, 5.74) is 9.40. The van der Waals surface area contributed by atoms with Crippen molar-refractivity contribution in [3.8, 4) is 11.1 Å². The molecule has 2 unspecified atom stereocenters. The van der Waals surface area contributed by atoms with E-state index in [-0.39, 0.29) is 12.5 Å². The molecular formula is C29H31NO5S. The minimum absolute atomic E-state index is 0.169. The molecule has 0 aliphatic carbocycles. The number of Topliss-reactive ketones (excluding diaryl/α,β-unsaturated/α-hetero) is 1. The quantitative estimate of drug-likeness (QED) is 0.241. The minimum Gasteiger partial charge on any atom is -0.467 e. The number of ketones is 1. The summed E-state index contributed by atoms with van der Waals surface area (Å²) < 4.78 is 17.2.